The molecule has 1 saturated carbocycles. The highest BCUT2D eigenvalue weighted by Gasteiger charge is 2.32. The minimum atomic E-state index is -0.253. The summed E-state index contributed by atoms with van der Waals surface area (Å²) in [6, 6.07) is 6.49. The number of halogens is 2. The minimum Gasteiger partial charge on any atom is -0.336 e. The number of hydrogen-bond acceptors (Lipinski definition) is 2. The van der Waals surface area contributed by atoms with E-state index in [4.69, 9.17) is 5.73 Å². The molecule has 3 nitrogen and oxygen atoms in total. The number of nitrogens with zero attached hydrogens (tertiary/aromatic N) is 1. The van der Waals surface area contributed by atoms with Crippen LogP contribution in [0.15, 0.2) is 24.3 Å². The van der Waals surface area contributed by atoms with Crippen LogP contribution in [0.3, 0.4) is 0 Å². The molecule has 1 aliphatic carbocycles. The Bertz CT molecular complexity index is 466. The lowest BCUT2D eigenvalue weighted by Crippen LogP contribution is -2.37. The highest BCUT2D eigenvalue weighted by Crippen LogP contribution is 2.29. The second-order valence-corrected chi connectivity index (χ2v) is 5.62. The summed E-state index contributed by atoms with van der Waals surface area (Å²) in [5, 5.41) is 0. The fourth-order valence-electron chi connectivity index (χ4n) is 3.02. The Morgan fingerprint density at radius 2 is 2.00 bits per heavy atom. The molecule has 1 aromatic rings. The van der Waals surface area contributed by atoms with Crippen LogP contribution in [0.5, 0.6) is 0 Å². The molecule has 0 heterocycles. The van der Waals surface area contributed by atoms with Gasteiger partial charge >= 0.3 is 0 Å². The van der Waals surface area contributed by atoms with Crippen LogP contribution in [0.1, 0.15) is 44.7 Å². The molecule has 1 fully saturated rings. The monoisotopic (exact) mass is 314 g/mol. The molecule has 0 bridgehead atoms. The SMILES string of the molecule is CCN(C(=O)C1CCC(N)C1)C(C)c1ccc(F)cc1.Cl. The predicted molar refractivity (Wildman–Crippen MR) is 84.8 cm³/mol. The van der Waals surface area contributed by atoms with E-state index in [1.165, 1.54) is 12.1 Å². The zero-order valence-electron chi connectivity index (χ0n) is 12.6. The summed E-state index contributed by atoms with van der Waals surface area (Å²) < 4.78 is 13.0. The largest absolute Gasteiger partial charge is 0.336 e. The van der Waals surface area contributed by atoms with Gasteiger partial charge in [0.15, 0.2) is 0 Å². The molecule has 1 aromatic carbocycles. The first-order valence-corrected chi connectivity index (χ1v) is 7.34. The van der Waals surface area contributed by atoms with Crippen LogP contribution in [0, 0.1) is 11.7 Å². The van der Waals surface area contributed by atoms with Gasteiger partial charge in [0.25, 0.3) is 0 Å². The summed E-state index contributed by atoms with van der Waals surface area (Å²) in [7, 11) is 0. The second kappa shape index (κ2) is 7.76. The summed E-state index contributed by atoms with van der Waals surface area (Å²) in [6.07, 6.45) is 2.59. The Balaban J connectivity index is 0.00000220. The van der Waals surface area contributed by atoms with Crippen molar-refractivity contribution in [1.82, 2.24) is 4.90 Å². The van der Waals surface area contributed by atoms with Gasteiger partial charge in [-0.05, 0) is 50.8 Å². The average Bonchev–Trinajstić information content (AvgIpc) is 2.86. The topological polar surface area (TPSA) is 46.3 Å². The zero-order valence-corrected chi connectivity index (χ0v) is 13.4. The zero-order chi connectivity index (χ0) is 14.7. The van der Waals surface area contributed by atoms with Gasteiger partial charge in [0.1, 0.15) is 5.82 Å². The molecule has 0 radical (unpaired) electrons. The summed E-state index contributed by atoms with van der Waals surface area (Å²) in [6.45, 7) is 4.62. The van der Waals surface area contributed by atoms with Crippen LogP contribution in [-0.2, 0) is 4.79 Å². The van der Waals surface area contributed by atoms with Crippen molar-refractivity contribution in [2.45, 2.75) is 45.2 Å². The molecule has 3 unspecified atom stereocenters. The third-order valence-corrected chi connectivity index (χ3v) is 4.27. The molecule has 1 aliphatic rings. The number of carbonyl (C=O) groups is 1. The fourth-order valence-corrected chi connectivity index (χ4v) is 3.02. The fraction of sp³-hybridized carbons (Fsp3) is 0.562. The van der Waals surface area contributed by atoms with E-state index in [0.717, 1.165) is 24.8 Å². The van der Waals surface area contributed by atoms with E-state index in [9.17, 15) is 9.18 Å². The molecule has 1 amide bonds. The van der Waals surface area contributed by atoms with Crippen molar-refractivity contribution >= 4 is 18.3 Å². The van der Waals surface area contributed by atoms with Gasteiger partial charge in [0.05, 0.1) is 6.04 Å². The lowest BCUT2D eigenvalue weighted by molar-refractivity contribution is -0.137. The number of carbonyl (C=O) groups excluding carboxylic acids is 1. The van der Waals surface area contributed by atoms with E-state index in [1.54, 1.807) is 12.1 Å². The lowest BCUT2D eigenvalue weighted by Gasteiger charge is -2.31. The number of rotatable bonds is 4. The van der Waals surface area contributed by atoms with E-state index in [2.05, 4.69) is 0 Å². The molecule has 2 N–H and O–H groups in total. The van der Waals surface area contributed by atoms with E-state index in [0.29, 0.717) is 6.54 Å². The quantitative estimate of drug-likeness (QED) is 0.927. The number of nitrogens with two attached hydrogens (primary N) is 1. The Labute approximate surface area is 132 Å². The molecule has 0 aromatic heterocycles. The van der Waals surface area contributed by atoms with E-state index in [1.807, 2.05) is 18.7 Å². The van der Waals surface area contributed by atoms with Gasteiger partial charge in [-0.2, -0.15) is 0 Å². The van der Waals surface area contributed by atoms with Gasteiger partial charge < -0.3 is 10.6 Å². The maximum absolute atomic E-state index is 13.0. The standard InChI is InChI=1S/C16H23FN2O.ClH/c1-3-19(16(20)13-6-9-15(18)10-13)11(2)12-4-7-14(17)8-5-12;/h4-5,7-8,11,13,15H,3,6,9-10,18H2,1-2H3;1H. The first kappa shape index (κ1) is 17.9. The molecule has 3 atom stereocenters. The summed E-state index contributed by atoms with van der Waals surface area (Å²) in [5.41, 5.74) is 6.86. The normalized spacial score (nSPS) is 22.5. The average molecular weight is 315 g/mol. The minimum absolute atomic E-state index is 0. The summed E-state index contributed by atoms with van der Waals surface area (Å²) in [5.74, 6) is -0.0257. The van der Waals surface area contributed by atoms with Crippen molar-refractivity contribution in [3.63, 3.8) is 0 Å². The second-order valence-electron chi connectivity index (χ2n) is 5.62. The Morgan fingerprint density at radius 1 is 1.38 bits per heavy atom. The molecule has 5 heteroatoms. The number of hydrogen-bond donors (Lipinski definition) is 1. The van der Waals surface area contributed by atoms with Crippen LogP contribution in [0.2, 0.25) is 0 Å². The van der Waals surface area contributed by atoms with Gasteiger partial charge in [-0.25, -0.2) is 4.39 Å². The van der Waals surface area contributed by atoms with Gasteiger partial charge in [-0.15, -0.1) is 12.4 Å². The molecule has 118 valence electrons. The van der Waals surface area contributed by atoms with Crippen molar-refractivity contribution in [3.8, 4) is 0 Å². The van der Waals surface area contributed by atoms with Crippen molar-refractivity contribution in [2.75, 3.05) is 6.54 Å². The van der Waals surface area contributed by atoms with E-state index < -0.39 is 0 Å². The van der Waals surface area contributed by atoms with Gasteiger partial charge in [-0.1, -0.05) is 12.1 Å². The molecule has 0 saturated heterocycles. The first-order chi connectivity index (χ1) is 9.52. The van der Waals surface area contributed by atoms with Crippen LogP contribution >= 0.6 is 12.4 Å². The molecular weight excluding hydrogens is 291 g/mol. The molecular formula is C16H24ClFN2O. The van der Waals surface area contributed by atoms with Gasteiger partial charge in [0.2, 0.25) is 5.91 Å². The van der Waals surface area contributed by atoms with Crippen LogP contribution in [0.25, 0.3) is 0 Å². The van der Waals surface area contributed by atoms with Crippen molar-refractivity contribution < 1.29 is 9.18 Å². The highest BCUT2D eigenvalue weighted by atomic mass is 35.5. The van der Waals surface area contributed by atoms with Gasteiger partial charge in [-0.3, -0.25) is 4.79 Å². The molecule has 2 rings (SSSR count). The molecule has 21 heavy (non-hydrogen) atoms. The van der Waals surface area contributed by atoms with Crippen molar-refractivity contribution in [2.24, 2.45) is 11.7 Å². The summed E-state index contributed by atoms with van der Waals surface area (Å²) in [4.78, 5) is 14.5. The van der Waals surface area contributed by atoms with Crippen molar-refractivity contribution in [3.05, 3.63) is 35.6 Å². The van der Waals surface area contributed by atoms with E-state index >= 15 is 0 Å². The number of amides is 1. The molecule has 0 spiro atoms. The van der Waals surface area contributed by atoms with Crippen LogP contribution < -0.4 is 5.73 Å². The Kier molecular flexibility index (Phi) is 6.62. The third kappa shape index (κ3) is 4.17. The predicted octanol–water partition coefficient (Wildman–Crippen LogP) is 3.28. The van der Waals surface area contributed by atoms with E-state index in [-0.39, 0.29) is 42.1 Å². The van der Waals surface area contributed by atoms with Crippen molar-refractivity contribution in [1.29, 1.82) is 0 Å². The first-order valence-electron chi connectivity index (χ1n) is 7.34. The maximum Gasteiger partial charge on any atom is 0.226 e. The van der Waals surface area contributed by atoms with Crippen LogP contribution in [0.4, 0.5) is 4.39 Å². The maximum atomic E-state index is 13.0. The smallest absolute Gasteiger partial charge is 0.226 e. The van der Waals surface area contributed by atoms with Gasteiger partial charge in [0, 0.05) is 18.5 Å². The Hall–Kier alpha value is -1.13. The highest BCUT2D eigenvalue weighted by molar-refractivity contribution is 5.85. The molecule has 0 aliphatic heterocycles. The number of benzene rings is 1. The third-order valence-electron chi connectivity index (χ3n) is 4.27. The summed E-state index contributed by atoms with van der Waals surface area (Å²) >= 11 is 0. The Morgan fingerprint density at radius 3 is 2.48 bits per heavy atom. The van der Waals surface area contributed by atoms with Crippen LogP contribution in [-0.4, -0.2) is 23.4 Å². The lowest BCUT2D eigenvalue weighted by atomic mass is 10.0.